The molecule has 1 aromatic heterocycles. The number of nitrogen functional groups attached to an aromatic ring is 1. The Hall–Kier alpha value is -1.93. The van der Waals surface area contributed by atoms with Crippen molar-refractivity contribution in [2.75, 3.05) is 12.5 Å². The van der Waals surface area contributed by atoms with Crippen LogP contribution in [0.3, 0.4) is 0 Å². The number of hydrazine groups is 1. The number of aromatic nitrogens is 3. The lowest BCUT2D eigenvalue weighted by Gasteiger charge is -2.07. The second kappa shape index (κ2) is 6.30. The van der Waals surface area contributed by atoms with Gasteiger partial charge in [0.05, 0.1) is 7.11 Å². The zero-order valence-electron chi connectivity index (χ0n) is 10.1. The molecule has 1 heterocycles. The van der Waals surface area contributed by atoms with Crippen LogP contribution in [0, 0.1) is 0 Å². The molecule has 0 saturated carbocycles. The molecule has 0 aliphatic rings. The van der Waals surface area contributed by atoms with Crippen molar-refractivity contribution in [2.24, 2.45) is 5.84 Å². The highest BCUT2D eigenvalue weighted by Crippen LogP contribution is 2.15. The van der Waals surface area contributed by atoms with Crippen LogP contribution in [0.25, 0.3) is 0 Å². The van der Waals surface area contributed by atoms with Crippen LogP contribution in [0.2, 0.25) is 0 Å². The zero-order chi connectivity index (χ0) is 13.7. The van der Waals surface area contributed by atoms with Crippen LogP contribution in [0.1, 0.15) is 5.56 Å². The van der Waals surface area contributed by atoms with Gasteiger partial charge in [0.15, 0.2) is 0 Å². The smallest absolute Gasteiger partial charge is 0.324 e. The first-order valence-corrected chi connectivity index (χ1v) is 6.14. The normalized spacial score (nSPS) is 10.1. The number of anilines is 1. The maximum absolute atomic E-state index is 5.46. The molecule has 2 rings (SSSR count). The van der Waals surface area contributed by atoms with E-state index in [1.165, 1.54) is 7.11 Å². The molecule has 0 spiro atoms. The maximum atomic E-state index is 5.46. The monoisotopic (exact) mass is 325 g/mol. The number of nitrogens with two attached hydrogens (primary N) is 1. The molecule has 0 fully saturated rings. The number of benzene rings is 1. The van der Waals surface area contributed by atoms with E-state index in [9.17, 15) is 0 Å². The van der Waals surface area contributed by atoms with E-state index in [-0.39, 0.29) is 18.0 Å². The van der Waals surface area contributed by atoms with E-state index in [0.29, 0.717) is 6.61 Å². The Bertz CT molecular complexity index is 527. The molecule has 3 N–H and O–H groups in total. The summed E-state index contributed by atoms with van der Waals surface area (Å²) >= 11 is 3.37. The lowest BCUT2D eigenvalue weighted by molar-refractivity contribution is 0.271. The number of ether oxygens (including phenoxy) is 2. The Labute approximate surface area is 118 Å². The quantitative estimate of drug-likeness (QED) is 0.635. The third-order valence-electron chi connectivity index (χ3n) is 2.19. The Morgan fingerprint density at radius 1 is 1.16 bits per heavy atom. The molecule has 0 unspecified atom stereocenters. The average molecular weight is 326 g/mol. The second-order valence-electron chi connectivity index (χ2n) is 3.49. The van der Waals surface area contributed by atoms with Crippen molar-refractivity contribution in [3.8, 4) is 12.0 Å². The van der Waals surface area contributed by atoms with E-state index in [1.807, 2.05) is 24.3 Å². The van der Waals surface area contributed by atoms with Crippen molar-refractivity contribution < 1.29 is 9.47 Å². The fourth-order valence-corrected chi connectivity index (χ4v) is 1.55. The van der Waals surface area contributed by atoms with Gasteiger partial charge in [0.1, 0.15) is 6.61 Å². The lowest BCUT2D eigenvalue weighted by Crippen LogP contribution is -2.13. The first-order chi connectivity index (χ1) is 9.21. The van der Waals surface area contributed by atoms with E-state index >= 15 is 0 Å². The van der Waals surface area contributed by atoms with Crippen LogP contribution < -0.4 is 20.7 Å². The van der Waals surface area contributed by atoms with Crippen molar-refractivity contribution in [2.45, 2.75) is 6.61 Å². The molecule has 1 aromatic carbocycles. The van der Waals surface area contributed by atoms with Gasteiger partial charge in [0, 0.05) is 4.47 Å². The van der Waals surface area contributed by atoms with Gasteiger partial charge in [-0.25, -0.2) is 5.84 Å². The van der Waals surface area contributed by atoms with Crippen molar-refractivity contribution in [1.29, 1.82) is 0 Å². The Morgan fingerprint density at radius 3 is 2.47 bits per heavy atom. The predicted molar refractivity (Wildman–Crippen MR) is 72.7 cm³/mol. The topological polar surface area (TPSA) is 95.2 Å². The van der Waals surface area contributed by atoms with Crippen LogP contribution in [0.4, 0.5) is 5.95 Å². The van der Waals surface area contributed by atoms with Crippen molar-refractivity contribution in [1.82, 2.24) is 15.0 Å². The summed E-state index contributed by atoms with van der Waals surface area (Å²) in [5, 5.41) is 0. The molecule has 8 heteroatoms. The standard InChI is InChI=1S/C11H12BrN5O2/c1-18-10-14-9(17-13)15-11(16-10)19-6-7-2-4-8(12)5-3-7/h2-5H,6,13H2,1H3,(H,14,15,16,17). The molecule has 100 valence electrons. The SMILES string of the molecule is COc1nc(NN)nc(OCc2ccc(Br)cc2)n1. The Kier molecular flexibility index (Phi) is 4.48. The lowest BCUT2D eigenvalue weighted by atomic mass is 10.2. The van der Waals surface area contributed by atoms with Crippen LogP contribution in [-0.2, 0) is 6.61 Å². The van der Waals surface area contributed by atoms with E-state index in [0.717, 1.165) is 10.0 Å². The summed E-state index contributed by atoms with van der Waals surface area (Å²) in [5.74, 6) is 5.43. The van der Waals surface area contributed by atoms with E-state index in [4.69, 9.17) is 15.3 Å². The van der Waals surface area contributed by atoms with Crippen molar-refractivity contribution in [3.63, 3.8) is 0 Å². The number of nitrogens with one attached hydrogen (secondary N) is 1. The van der Waals surface area contributed by atoms with E-state index in [2.05, 4.69) is 36.3 Å². The van der Waals surface area contributed by atoms with Gasteiger partial charge in [-0.1, -0.05) is 28.1 Å². The molecule has 19 heavy (non-hydrogen) atoms. The van der Waals surface area contributed by atoms with Gasteiger partial charge in [-0.2, -0.15) is 9.97 Å². The number of rotatable bonds is 5. The zero-order valence-corrected chi connectivity index (χ0v) is 11.7. The minimum Gasteiger partial charge on any atom is -0.467 e. The van der Waals surface area contributed by atoms with Gasteiger partial charge in [-0.3, -0.25) is 5.43 Å². The Morgan fingerprint density at radius 2 is 1.84 bits per heavy atom. The molecular weight excluding hydrogens is 314 g/mol. The summed E-state index contributed by atoms with van der Waals surface area (Å²) in [6, 6.07) is 8.00. The number of halogens is 1. The van der Waals surface area contributed by atoms with E-state index < -0.39 is 0 Å². The summed E-state index contributed by atoms with van der Waals surface area (Å²) in [7, 11) is 1.45. The first kappa shape index (κ1) is 13.5. The molecule has 0 amide bonds. The third kappa shape index (κ3) is 3.76. The average Bonchev–Trinajstić information content (AvgIpc) is 2.46. The molecule has 2 aromatic rings. The third-order valence-corrected chi connectivity index (χ3v) is 2.72. The number of hydrogen-bond donors (Lipinski definition) is 2. The molecule has 7 nitrogen and oxygen atoms in total. The summed E-state index contributed by atoms with van der Waals surface area (Å²) in [5.41, 5.74) is 3.31. The van der Waals surface area contributed by atoms with Gasteiger partial charge in [0.25, 0.3) is 0 Å². The fourth-order valence-electron chi connectivity index (χ4n) is 1.29. The summed E-state index contributed by atoms with van der Waals surface area (Å²) in [6.45, 7) is 0.338. The summed E-state index contributed by atoms with van der Waals surface area (Å²) in [4.78, 5) is 11.8. The molecule has 0 aliphatic carbocycles. The number of hydrogen-bond acceptors (Lipinski definition) is 7. The van der Waals surface area contributed by atoms with Gasteiger partial charge >= 0.3 is 12.0 Å². The van der Waals surface area contributed by atoms with Crippen LogP contribution in [0.15, 0.2) is 28.7 Å². The molecular formula is C11H12BrN5O2. The van der Waals surface area contributed by atoms with Gasteiger partial charge in [0.2, 0.25) is 5.95 Å². The summed E-state index contributed by atoms with van der Waals surface area (Å²) in [6.07, 6.45) is 0. The molecule has 0 saturated heterocycles. The number of nitrogens with zero attached hydrogens (tertiary/aromatic N) is 3. The Balaban J connectivity index is 2.08. The second-order valence-corrected chi connectivity index (χ2v) is 4.40. The highest BCUT2D eigenvalue weighted by molar-refractivity contribution is 9.10. The largest absolute Gasteiger partial charge is 0.467 e. The highest BCUT2D eigenvalue weighted by Gasteiger charge is 2.07. The predicted octanol–water partition coefficient (Wildman–Crippen LogP) is 1.51. The number of methoxy groups -OCH3 is 1. The molecule has 0 aliphatic heterocycles. The van der Waals surface area contributed by atoms with E-state index in [1.54, 1.807) is 0 Å². The van der Waals surface area contributed by atoms with Crippen LogP contribution >= 0.6 is 15.9 Å². The molecule has 0 atom stereocenters. The molecule has 0 radical (unpaired) electrons. The van der Waals surface area contributed by atoms with Crippen molar-refractivity contribution >= 4 is 21.9 Å². The fraction of sp³-hybridized carbons (Fsp3) is 0.182. The van der Waals surface area contributed by atoms with Crippen LogP contribution in [0.5, 0.6) is 12.0 Å². The first-order valence-electron chi connectivity index (χ1n) is 5.35. The molecule has 0 bridgehead atoms. The van der Waals surface area contributed by atoms with Crippen molar-refractivity contribution in [3.05, 3.63) is 34.3 Å². The van der Waals surface area contributed by atoms with Gasteiger partial charge < -0.3 is 9.47 Å². The highest BCUT2D eigenvalue weighted by atomic mass is 79.9. The summed E-state index contributed by atoms with van der Waals surface area (Å²) < 4.78 is 11.4. The van der Waals surface area contributed by atoms with Gasteiger partial charge in [-0.15, -0.1) is 4.98 Å². The minimum absolute atomic E-state index is 0.133. The minimum atomic E-state index is 0.133. The maximum Gasteiger partial charge on any atom is 0.324 e. The van der Waals surface area contributed by atoms with Gasteiger partial charge in [-0.05, 0) is 17.7 Å². The van der Waals surface area contributed by atoms with Crippen LogP contribution in [-0.4, -0.2) is 22.1 Å².